The molecule has 180 valence electrons. The van der Waals surface area contributed by atoms with Crippen molar-refractivity contribution in [1.82, 2.24) is 5.32 Å². The molecule has 0 aromatic heterocycles. The minimum atomic E-state index is -0.378. The number of piperazine rings is 1. The Kier molecular flexibility index (Phi) is 6.34. The van der Waals surface area contributed by atoms with E-state index in [0.29, 0.717) is 18.0 Å². The van der Waals surface area contributed by atoms with Crippen LogP contribution in [0.15, 0.2) is 72.8 Å². The Morgan fingerprint density at radius 1 is 1.09 bits per heavy atom. The lowest BCUT2D eigenvalue weighted by atomic mass is 9.82. The number of fused-ring (bicyclic) bond motifs is 3. The smallest absolute Gasteiger partial charge is 0.269 e. The van der Waals surface area contributed by atoms with E-state index in [4.69, 9.17) is 11.6 Å². The number of benzene rings is 3. The van der Waals surface area contributed by atoms with Crippen molar-refractivity contribution in [2.24, 2.45) is 5.92 Å². The summed E-state index contributed by atoms with van der Waals surface area (Å²) in [6.45, 7) is 4.16. The van der Waals surface area contributed by atoms with Gasteiger partial charge < -0.3 is 15.1 Å². The van der Waals surface area contributed by atoms with Crippen LogP contribution in [0.4, 0.5) is 17.1 Å². The van der Waals surface area contributed by atoms with Gasteiger partial charge in [0.05, 0.1) is 22.9 Å². The summed E-state index contributed by atoms with van der Waals surface area (Å²) in [6.07, 6.45) is 0.458. The fraction of sp³-hybridized carbons (Fsp3) is 0.296. The summed E-state index contributed by atoms with van der Waals surface area (Å²) >= 11 is 6.09. The number of anilines is 2. The van der Waals surface area contributed by atoms with E-state index in [-0.39, 0.29) is 34.5 Å². The number of amides is 1. The van der Waals surface area contributed by atoms with Crippen molar-refractivity contribution in [2.75, 3.05) is 29.4 Å². The molecule has 5 rings (SSSR count). The highest BCUT2D eigenvalue weighted by Gasteiger charge is 2.42. The second kappa shape index (κ2) is 9.58. The normalized spacial score (nSPS) is 19.9. The Bertz CT molecular complexity index is 1230. The monoisotopic (exact) mass is 490 g/mol. The van der Waals surface area contributed by atoms with Crippen LogP contribution >= 0.6 is 11.6 Å². The van der Waals surface area contributed by atoms with Gasteiger partial charge in [-0.05, 0) is 54.8 Å². The highest BCUT2D eigenvalue weighted by Crippen LogP contribution is 2.39. The number of carbonyl (C=O) groups is 1. The first-order chi connectivity index (χ1) is 16.9. The maximum Gasteiger partial charge on any atom is 0.269 e. The lowest BCUT2D eigenvalue weighted by Gasteiger charge is -2.49. The van der Waals surface area contributed by atoms with E-state index in [1.807, 2.05) is 67.6 Å². The van der Waals surface area contributed by atoms with Crippen molar-refractivity contribution in [3.63, 3.8) is 0 Å². The number of rotatable bonds is 5. The van der Waals surface area contributed by atoms with E-state index in [9.17, 15) is 14.9 Å². The predicted molar refractivity (Wildman–Crippen MR) is 138 cm³/mol. The highest BCUT2D eigenvalue weighted by atomic mass is 35.5. The van der Waals surface area contributed by atoms with Crippen LogP contribution in [-0.4, -0.2) is 36.5 Å². The van der Waals surface area contributed by atoms with Gasteiger partial charge in [0.1, 0.15) is 0 Å². The molecular formula is C27H27ClN4O3. The zero-order chi connectivity index (χ0) is 24.5. The average Bonchev–Trinajstić information content (AvgIpc) is 2.88. The van der Waals surface area contributed by atoms with Crippen LogP contribution in [0, 0.1) is 16.0 Å². The summed E-state index contributed by atoms with van der Waals surface area (Å²) in [5, 5.41) is 15.3. The van der Waals surface area contributed by atoms with E-state index >= 15 is 0 Å². The number of nitro benzene ring substituents is 1. The van der Waals surface area contributed by atoms with Gasteiger partial charge in [-0.3, -0.25) is 14.9 Å². The molecule has 0 aliphatic carbocycles. The standard InChI is InChI=1S/C27H27ClN4O3/c1-18(19-5-3-2-4-6-19)29-27(33)24-16-20-15-23(32(34)35)11-12-25(20)31-14-13-30(17-26(24)31)22-9-7-21(28)8-10-22/h2-12,15,18,24,26H,13-14,16-17H2,1H3,(H,29,33). The molecule has 0 radical (unpaired) electrons. The van der Waals surface area contributed by atoms with Crippen LogP contribution in [0.3, 0.4) is 0 Å². The Balaban J connectivity index is 1.45. The zero-order valence-corrected chi connectivity index (χ0v) is 20.2. The molecule has 3 atom stereocenters. The fourth-order valence-corrected chi connectivity index (χ4v) is 5.38. The first kappa shape index (κ1) is 23.2. The molecule has 3 unspecified atom stereocenters. The first-order valence-electron chi connectivity index (χ1n) is 11.8. The Hall–Kier alpha value is -3.58. The molecule has 1 fully saturated rings. The number of non-ortho nitro benzene ring substituents is 1. The predicted octanol–water partition coefficient (Wildman–Crippen LogP) is 4.99. The molecule has 0 bridgehead atoms. The third-order valence-electron chi connectivity index (χ3n) is 7.09. The van der Waals surface area contributed by atoms with Crippen LogP contribution in [0.2, 0.25) is 5.02 Å². The number of halogens is 1. The Labute approximate surface area is 209 Å². The maximum atomic E-state index is 13.6. The van der Waals surface area contributed by atoms with Gasteiger partial charge in [0, 0.05) is 48.2 Å². The quantitative estimate of drug-likeness (QED) is 0.402. The number of nitro groups is 1. The van der Waals surface area contributed by atoms with Crippen LogP contribution in [0.25, 0.3) is 0 Å². The molecule has 3 aromatic carbocycles. The SMILES string of the molecule is CC(NC(=O)C1Cc2cc([N+](=O)[O-])ccc2N2CCN(c3ccc(Cl)cc3)CC12)c1ccccc1. The minimum absolute atomic E-state index is 0.0357. The van der Waals surface area contributed by atoms with Crippen molar-refractivity contribution in [1.29, 1.82) is 0 Å². The van der Waals surface area contributed by atoms with Crippen molar-refractivity contribution >= 4 is 34.6 Å². The van der Waals surface area contributed by atoms with Gasteiger partial charge in [-0.2, -0.15) is 0 Å². The third kappa shape index (κ3) is 4.68. The molecule has 8 heteroatoms. The molecule has 35 heavy (non-hydrogen) atoms. The van der Waals surface area contributed by atoms with E-state index in [1.54, 1.807) is 12.1 Å². The van der Waals surface area contributed by atoms with Crippen LogP contribution in [0.1, 0.15) is 24.1 Å². The van der Waals surface area contributed by atoms with E-state index in [1.165, 1.54) is 0 Å². The molecule has 2 aliphatic heterocycles. The van der Waals surface area contributed by atoms with Crippen molar-refractivity contribution in [3.05, 3.63) is 99.1 Å². The summed E-state index contributed by atoms with van der Waals surface area (Å²) < 4.78 is 0. The lowest BCUT2D eigenvalue weighted by molar-refractivity contribution is -0.384. The number of hydrogen-bond donors (Lipinski definition) is 1. The second-order valence-corrected chi connectivity index (χ2v) is 9.64. The summed E-state index contributed by atoms with van der Waals surface area (Å²) in [4.78, 5) is 29.2. The molecule has 1 saturated heterocycles. The Morgan fingerprint density at radius 3 is 2.54 bits per heavy atom. The Morgan fingerprint density at radius 2 is 1.83 bits per heavy atom. The van der Waals surface area contributed by atoms with Crippen LogP contribution < -0.4 is 15.1 Å². The topological polar surface area (TPSA) is 78.7 Å². The summed E-state index contributed by atoms with van der Waals surface area (Å²) in [5.41, 5.74) is 3.99. The van der Waals surface area contributed by atoms with Gasteiger partial charge in [0.15, 0.2) is 0 Å². The zero-order valence-electron chi connectivity index (χ0n) is 19.4. The fourth-order valence-electron chi connectivity index (χ4n) is 5.25. The van der Waals surface area contributed by atoms with Gasteiger partial charge in [-0.1, -0.05) is 41.9 Å². The van der Waals surface area contributed by atoms with Gasteiger partial charge >= 0.3 is 0 Å². The number of nitrogens with zero attached hydrogens (tertiary/aromatic N) is 3. The van der Waals surface area contributed by atoms with Crippen molar-refractivity contribution in [3.8, 4) is 0 Å². The van der Waals surface area contributed by atoms with Gasteiger partial charge in [0.25, 0.3) is 5.69 Å². The summed E-state index contributed by atoms with van der Waals surface area (Å²) in [7, 11) is 0. The molecule has 2 aliphatic rings. The average molecular weight is 491 g/mol. The lowest BCUT2D eigenvalue weighted by Crippen LogP contribution is -2.61. The largest absolute Gasteiger partial charge is 0.368 e. The molecule has 0 saturated carbocycles. The van der Waals surface area contributed by atoms with Gasteiger partial charge in [-0.15, -0.1) is 0 Å². The van der Waals surface area contributed by atoms with Crippen molar-refractivity contribution < 1.29 is 9.72 Å². The maximum absolute atomic E-state index is 13.6. The van der Waals surface area contributed by atoms with Crippen LogP contribution in [0.5, 0.6) is 0 Å². The molecule has 1 N–H and O–H groups in total. The molecule has 7 nitrogen and oxygen atoms in total. The van der Waals surface area contributed by atoms with E-state index in [0.717, 1.165) is 35.6 Å². The summed E-state index contributed by atoms with van der Waals surface area (Å²) in [6, 6.07) is 22.5. The van der Waals surface area contributed by atoms with Crippen LogP contribution in [-0.2, 0) is 11.2 Å². The number of hydrogen-bond acceptors (Lipinski definition) is 5. The highest BCUT2D eigenvalue weighted by molar-refractivity contribution is 6.30. The van der Waals surface area contributed by atoms with Gasteiger partial charge in [0.2, 0.25) is 5.91 Å². The third-order valence-corrected chi connectivity index (χ3v) is 7.35. The van der Waals surface area contributed by atoms with Gasteiger partial charge in [-0.25, -0.2) is 0 Å². The molecule has 3 aromatic rings. The van der Waals surface area contributed by atoms with Crippen molar-refractivity contribution in [2.45, 2.75) is 25.4 Å². The summed E-state index contributed by atoms with van der Waals surface area (Å²) in [5.74, 6) is -0.378. The van der Waals surface area contributed by atoms with E-state index < -0.39 is 0 Å². The molecular weight excluding hydrogens is 464 g/mol. The molecule has 2 heterocycles. The minimum Gasteiger partial charge on any atom is -0.368 e. The molecule has 1 amide bonds. The number of nitrogens with one attached hydrogen (secondary N) is 1. The van der Waals surface area contributed by atoms with E-state index in [2.05, 4.69) is 15.1 Å². The second-order valence-electron chi connectivity index (χ2n) is 9.20. The number of carbonyl (C=O) groups excluding carboxylic acids is 1. The molecule has 0 spiro atoms. The first-order valence-corrected chi connectivity index (χ1v) is 12.2.